The average molecular weight is 301 g/mol. The molecular weight excluding hydrogens is 296 g/mol. The van der Waals surface area contributed by atoms with Gasteiger partial charge < -0.3 is 0 Å². The molecule has 0 N–H and O–H groups in total. The minimum absolute atomic E-state index is 0.0330. The van der Waals surface area contributed by atoms with Crippen LogP contribution in [0, 0.1) is 0 Å². The molecule has 0 amide bonds. The van der Waals surface area contributed by atoms with E-state index in [0.717, 1.165) is 0 Å². The first-order valence-electron chi connectivity index (χ1n) is 3.14. The van der Waals surface area contributed by atoms with Gasteiger partial charge in [-0.1, -0.05) is 15.9 Å². The fourth-order valence-corrected chi connectivity index (χ4v) is 1.87. The number of rotatable bonds is 2. The Labute approximate surface area is 85.4 Å². The van der Waals surface area contributed by atoms with Crippen molar-refractivity contribution < 1.29 is 8.78 Å². The highest BCUT2D eigenvalue weighted by Gasteiger charge is 2.16. The van der Waals surface area contributed by atoms with Gasteiger partial charge in [-0.15, -0.1) is 0 Å². The van der Waals surface area contributed by atoms with Crippen LogP contribution in [0.25, 0.3) is 0 Å². The highest BCUT2D eigenvalue weighted by Crippen LogP contribution is 2.29. The van der Waals surface area contributed by atoms with E-state index in [-0.39, 0.29) is 10.2 Å². The van der Waals surface area contributed by atoms with E-state index in [2.05, 4.69) is 36.8 Å². The molecule has 0 saturated carbocycles. The lowest BCUT2D eigenvalue weighted by atomic mass is 10.2. The Kier molecular flexibility index (Phi) is 3.58. The van der Waals surface area contributed by atoms with Crippen LogP contribution in [0.5, 0.6) is 0 Å². The second kappa shape index (κ2) is 4.28. The van der Waals surface area contributed by atoms with Crippen molar-refractivity contribution in [1.29, 1.82) is 0 Å². The van der Waals surface area contributed by atoms with Crippen LogP contribution in [0.1, 0.15) is 17.6 Å². The van der Waals surface area contributed by atoms with Crippen LogP contribution in [0.2, 0.25) is 0 Å². The highest BCUT2D eigenvalue weighted by molar-refractivity contribution is 9.10. The first-order valence-corrected chi connectivity index (χ1v) is 5.05. The molecule has 0 saturated heterocycles. The highest BCUT2D eigenvalue weighted by atomic mass is 79.9. The standard InChI is InChI=1S/C7H5Br2F2N/c8-3-4-1-2-12-6(9)5(4)7(10)11/h1-2,7H,3H2. The zero-order chi connectivity index (χ0) is 9.14. The third-order valence-electron chi connectivity index (χ3n) is 1.39. The van der Waals surface area contributed by atoms with Crippen molar-refractivity contribution in [3.8, 4) is 0 Å². The number of aromatic nitrogens is 1. The summed E-state index contributed by atoms with van der Waals surface area (Å²) in [6.45, 7) is 0. The van der Waals surface area contributed by atoms with E-state index >= 15 is 0 Å². The molecule has 0 unspecified atom stereocenters. The predicted molar refractivity (Wildman–Crippen MR) is 49.5 cm³/mol. The molecular formula is C7H5Br2F2N. The Hall–Kier alpha value is -0.0300. The molecule has 0 spiro atoms. The van der Waals surface area contributed by atoms with Crippen molar-refractivity contribution in [2.45, 2.75) is 11.8 Å². The number of alkyl halides is 3. The summed E-state index contributed by atoms with van der Waals surface area (Å²) < 4.78 is 25.0. The van der Waals surface area contributed by atoms with Gasteiger partial charge in [0, 0.05) is 11.5 Å². The molecule has 0 aromatic carbocycles. The summed E-state index contributed by atoms with van der Waals surface area (Å²) in [7, 11) is 0. The summed E-state index contributed by atoms with van der Waals surface area (Å²) in [4.78, 5) is 3.72. The summed E-state index contributed by atoms with van der Waals surface area (Å²) in [5, 5.41) is 0.411. The van der Waals surface area contributed by atoms with Crippen molar-refractivity contribution in [3.05, 3.63) is 28.0 Å². The Morgan fingerprint density at radius 3 is 2.58 bits per heavy atom. The van der Waals surface area contributed by atoms with E-state index in [1.54, 1.807) is 6.07 Å². The first kappa shape index (κ1) is 10.1. The Bertz CT molecular complexity index is 278. The Morgan fingerprint density at radius 1 is 1.50 bits per heavy atom. The fraction of sp³-hybridized carbons (Fsp3) is 0.286. The molecule has 1 heterocycles. The van der Waals surface area contributed by atoms with E-state index < -0.39 is 6.43 Å². The molecule has 0 radical (unpaired) electrons. The van der Waals surface area contributed by atoms with Crippen molar-refractivity contribution in [3.63, 3.8) is 0 Å². The lowest BCUT2D eigenvalue weighted by Gasteiger charge is -2.06. The van der Waals surface area contributed by atoms with Gasteiger partial charge in [0.25, 0.3) is 6.43 Å². The molecule has 5 heteroatoms. The van der Waals surface area contributed by atoms with Gasteiger partial charge in [-0.25, -0.2) is 13.8 Å². The second-order valence-electron chi connectivity index (χ2n) is 2.11. The molecule has 1 aromatic rings. The number of nitrogens with zero attached hydrogens (tertiary/aromatic N) is 1. The summed E-state index contributed by atoms with van der Waals surface area (Å²) in [5.74, 6) is 0. The van der Waals surface area contributed by atoms with E-state index in [4.69, 9.17) is 0 Å². The summed E-state index contributed by atoms with van der Waals surface area (Å²) in [6, 6.07) is 1.57. The summed E-state index contributed by atoms with van der Waals surface area (Å²) in [6.07, 6.45) is -0.993. The van der Waals surface area contributed by atoms with E-state index in [0.29, 0.717) is 10.9 Å². The third-order valence-corrected chi connectivity index (χ3v) is 2.63. The average Bonchev–Trinajstić information content (AvgIpc) is 2.03. The molecule has 12 heavy (non-hydrogen) atoms. The Balaban J connectivity index is 3.20. The third kappa shape index (κ3) is 2.01. The molecule has 1 rings (SSSR count). The molecule has 66 valence electrons. The van der Waals surface area contributed by atoms with E-state index in [1.807, 2.05) is 0 Å². The number of pyridine rings is 1. The maximum absolute atomic E-state index is 12.4. The van der Waals surface area contributed by atoms with Gasteiger partial charge in [-0.3, -0.25) is 0 Å². The maximum atomic E-state index is 12.4. The fourth-order valence-electron chi connectivity index (χ4n) is 0.831. The summed E-state index contributed by atoms with van der Waals surface area (Å²) in [5.41, 5.74) is 0.529. The second-order valence-corrected chi connectivity index (χ2v) is 3.42. The normalized spacial score (nSPS) is 10.8. The minimum atomic E-state index is -2.49. The van der Waals surface area contributed by atoms with Crippen LogP contribution in [0.4, 0.5) is 8.78 Å². The van der Waals surface area contributed by atoms with Gasteiger partial charge >= 0.3 is 0 Å². The zero-order valence-electron chi connectivity index (χ0n) is 5.90. The number of hydrogen-bond donors (Lipinski definition) is 0. The van der Waals surface area contributed by atoms with Gasteiger partial charge in [0.15, 0.2) is 0 Å². The molecule has 0 fully saturated rings. The van der Waals surface area contributed by atoms with Crippen molar-refractivity contribution >= 4 is 31.9 Å². The summed E-state index contributed by atoms with van der Waals surface area (Å²) >= 11 is 6.11. The maximum Gasteiger partial charge on any atom is 0.266 e. The van der Waals surface area contributed by atoms with E-state index in [1.165, 1.54) is 6.20 Å². The topological polar surface area (TPSA) is 12.9 Å². The molecule has 0 aliphatic rings. The van der Waals surface area contributed by atoms with Crippen LogP contribution < -0.4 is 0 Å². The van der Waals surface area contributed by atoms with Gasteiger partial charge in [0.1, 0.15) is 4.60 Å². The van der Waals surface area contributed by atoms with Gasteiger partial charge in [0.05, 0.1) is 5.56 Å². The van der Waals surface area contributed by atoms with Crippen molar-refractivity contribution in [2.24, 2.45) is 0 Å². The molecule has 1 nitrogen and oxygen atoms in total. The van der Waals surface area contributed by atoms with Crippen LogP contribution in [0.15, 0.2) is 16.9 Å². The zero-order valence-corrected chi connectivity index (χ0v) is 9.07. The molecule has 1 aromatic heterocycles. The lowest BCUT2D eigenvalue weighted by Crippen LogP contribution is -1.95. The molecule has 0 aliphatic carbocycles. The van der Waals surface area contributed by atoms with Crippen molar-refractivity contribution in [2.75, 3.05) is 0 Å². The van der Waals surface area contributed by atoms with Crippen molar-refractivity contribution in [1.82, 2.24) is 4.98 Å². The molecule has 0 bridgehead atoms. The molecule has 0 atom stereocenters. The Morgan fingerprint density at radius 2 is 2.17 bits per heavy atom. The van der Waals surface area contributed by atoms with Crippen LogP contribution >= 0.6 is 31.9 Å². The minimum Gasteiger partial charge on any atom is -0.249 e. The lowest BCUT2D eigenvalue weighted by molar-refractivity contribution is 0.149. The quantitative estimate of drug-likeness (QED) is 0.600. The van der Waals surface area contributed by atoms with Gasteiger partial charge in [0.2, 0.25) is 0 Å². The van der Waals surface area contributed by atoms with Crippen LogP contribution in [0.3, 0.4) is 0 Å². The predicted octanol–water partition coefficient (Wildman–Crippen LogP) is 3.68. The van der Waals surface area contributed by atoms with Crippen LogP contribution in [-0.4, -0.2) is 4.98 Å². The monoisotopic (exact) mass is 299 g/mol. The largest absolute Gasteiger partial charge is 0.266 e. The SMILES string of the molecule is FC(F)c1c(CBr)ccnc1Br. The molecule has 0 aliphatic heterocycles. The first-order chi connectivity index (χ1) is 5.66. The van der Waals surface area contributed by atoms with Crippen LogP contribution in [-0.2, 0) is 5.33 Å². The smallest absolute Gasteiger partial charge is 0.249 e. The van der Waals surface area contributed by atoms with Gasteiger partial charge in [-0.2, -0.15) is 0 Å². The van der Waals surface area contributed by atoms with Gasteiger partial charge in [-0.05, 0) is 27.6 Å². The van der Waals surface area contributed by atoms with E-state index in [9.17, 15) is 8.78 Å². The number of halogens is 4. The number of hydrogen-bond acceptors (Lipinski definition) is 1.